The average Bonchev–Trinajstić information content (AvgIpc) is 2.12. The molecule has 10 heavy (non-hydrogen) atoms. The number of aliphatic hydroxyl groups excluding tert-OH is 1. The van der Waals surface area contributed by atoms with Crippen LogP contribution >= 0.6 is 0 Å². The fraction of sp³-hybridized carbons (Fsp3) is 0.250. The van der Waals surface area contributed by atoms with Crippen LogP contribution in [0.1, 0.15) is 6.92 Å². The summed E-state index contributed by atoms with van der Waals surface area (Å²) in [6.07, 6.45) is 8.90. The first-order valence-electron chi connectivity index (χ1n) is 3.28. The van der Waals surface area contributed by atoms with Crippen LogP contribution in [0.5, 0.6) is 0 Å². The van der Waals surface area contributed by atoms with Gasteiger partial charge in [-0.1, -0.05) is 12.2 Å². The molecule has 0 saturated carbocycles. The van der Waals surface area contributed by atoms with Crippen molar-refractivity contribution in [3.8, 4) is 0 Å². The lowest BCUT2D eigenvalue weighted by molar-refractivity contribution is 0.225. The van der Waals surface area contributed by atoms with Crippen LogP contribution in [-0.2, 0) is 0 Å². The molecule has 1 aliphatic heterocycles. The molecule has 0 amide bonds. The quantitative estimate of drug-likeness (QED) is 0.563. The topological polar surface area (TPSA) is 32.3 Å². The second-order valence-corrected chi connectivity index (χ2v) is 2.19. The molecule has 0 aromatic heterocycles. The molecule has 0 aliphatic carbocycles. The average molecular weight is 137 g/mol. The van der Waals surface area contributed by atoms with Crippen LogP contribution < -0.4 is 5.32 Å². The molecule has 0 fully saturated rings. The summed E-state index contributed by atoms with van der Waals surface area (Å²) in [6.45, 7) is 1.73. The Balaban J connectivity index is 2.68. The van der Waals surface area contributed by atoms with Gasteiger partial charge in [0.2, 0.25) is 0 Å². The Hall–Kier alpha value is -1.02. The van der Waals surface area contributed by atoms with E-state index in [2.05, 4.69) is 5.32 Å². The summed E-state index contributed by atoms with van der Waals surface area (Å²) in [4.78, 5) is 0. The monoisotopic (exact) mass is 137 g/mol. The molecule has 0 radical (unpaired) electrons. The van der Waals surface area contributed by atoms with E-state index in [9.17, 15) is 0 Å². The largest absolute Gasteiger partial charge is 0.387 e. The van der Waals surface area contributed by atoms with Crippen molar-refractivity contribution in [3.05, 3.63) is 36.2 Å². The highest BCUT2D eigenvalue weighted by molar-refractivity contribution is 5.22. The lowest BCUT2D eigenvalue weighted by atomic mass is 10.3. The third kappa shape index (κ3) is 1.74. The van der Waals surface area contributed by atoms with Crippen LogP contribution in [0.25, 0.3) is 0 Å². The van der Waals surface area contributed by atoms with E-state index in [4.69, 9.17) is 5.11 Å². The molecule has 1 rings (SSSR count). The second kappa shape index (κ2) is 3.22. The van der Waals surface area contributed by atoms with E-state index in [0.717, 1.165) is 5.70 Å². The third-order valence-corrected chi connectivity index (χ3v) is 1.29. The molecule has 2 heteroatoms. The minimum atomic E-state index is -0.424. The number of allylic oxidation sites excluding steroid dienone is 4. The minimum Gasteiger partial charge on any atom is -0.387 e. The van der Waals surface area contributed by atoms with Gasteiger partial charge in [0.1, 0.15) is 0 Å². The van der Waals surface area contributed by atoms with E-state index in [1.54, 1.807) is 13.1 Å². The molecule has 0 bridgehead atoms. The Morgan fingerprint density at radius 3 is 2.90 bits per heavy atom. The molecule has 1 heterocycles. The zero-order chi connectivity index (χ0) is 7.40. The number of nitrogens with one attached hydrogen (secondary N) is 1. The van der Waals surface area contributed by atoms with Gasteiger partial charge in [-0.3, -0.25) is 0 Å². The molecule has 0 aromatic carbocycles. The van der Waals surface area contributed by atoms with E-state index in [0.29, 0.717) is 0 Å². The molecular formula is C8H11NO. The summed E-state index contributed by atoms with van der Waals surface area (Å²) < 4.78 is 0. The molecule has 54 valence electrons. The minimum absolute atomic E-state index is 0.424. The maximum Gasteiger partial charge on any atom is 0.0909 e. The maximum atomic E-state index is 9.10. The predicted molar refractivity (Wildman–Crippen MR) is 41.2 cm³/mol. The SMILES string of the molecule is CC(O)C1=CC=CC=CN1. The standard InChI is InChI=1S/C8H11NO/c1-7(10)8-5-3-2-4-6-9-8/h2-7,9-10H,1H3. The van der Waals surface area contributed by atoms with Crippen LogP contribution in [-0.4, -0.2) is 11.2 Å². The highest BCUT2D eigenvalue weighted by atomic mass is 16.3. The Kier molecular flexibility index (Phi) is 2.29. The Morgan fingerprint density at radius 2 is 2.20 bits per heavy atom. The van der Waals surface area contributed by atoms with Crippen LogP contribution in [0.15, 0.2) is 36.2 Å². The Morgan fingerprint density at radius 1 is 1.40 bits per heavy atom. The van der Waals surface area contributed by atoms with Crippen molar-refractivity contribution in [1.82, 2.24) is 5.32 Å². The number of aliphatic hydroxyl groups is 1. The van der Waals surface area contributed by atoms with Crippen molar-refractivity contribution < 1.29 is 5.11 Å². The molecular weight excluding hydrogens is 126 g/mol. The normalized spacial score (nSPS) is 19.2. The number of rotatable bonds is 1. The summed E-state index contributed by atoms with van der Waals surface area (Å²) in [5.41, 5.74) is 0.824. The summed E-state index contributed by atoms with van der Waals surface area (Å²) >= 11 is 0. The van der Waals surface area contributed by atoms with Gasteiger partial charge in [0, 0.05) is 11.9 Å². The highest BCUT2D eigenvalue weighted by Crippen LogP contribution is 2.00. The summed E-state index contributed by atoms with van der Waals surface area (Å²) in [6, 6.07) is 0. The summed E-state index contributed by atoms with van der Waals surface area (Å²) in [7, 11) is 0. The molecule has 1 atom stereocenters. The lowest BCUT2D eigenvalue weighted by Crippen LogP contribution is -2.16. The molecule has 1 unspecified atom stereocenters. The van der Waals surface area contributed by atoms with E-state index in [1.165, 1.54) is 0 Å². The van der Waals surface area contributed by atoms with Crippen molar-refractivity contribution in [1.29, 1.82) is 0 Å². The smallest absolute Gasteiger partial charge is 0.0909 e. The zero-order valence-corrected chi connectivity index (χ0v) is 5.91. The zero-order valence-electron chi connectivity index (χ0n) is 5.91. The van der Waals surface area contributed by atoms with E-state index in [1.807, 2.05) is 24.3 Å². The van der Waals surface area contributed by atoms with E-state index >= 15 is 0 Å². The number of hydrogen-bond acceptors (Lipinski definition) is 2. The fourth-order valence-electron chi connectivity index (χ4n) is 0.731. The Labute approximate surface area is 60.6 Å². The van der Waals surface area contributed by atoms with E-state index < -0.39 is 6.10 Å². The first-order chi connectivity index (χ1) is 4.80. The molecule has 2 nitrogen and oxygen atoms in total. The second-order valence-electron chi connectivity index (χ2n) is 2.19. The van der Waals surface area contributed by atoms with E-state index in [-0.39, 0.29) is 0 Å². The van der Waals surface area contributed by atoms with Gasteiger partial charge in [-0.15, -0.1) is 0 Å². The Bertz CT molecular complexity index is 189. The molecule has 2 N–H and O–H groups in total. The van der Waals surface area contributed by atoms with Gasteiger partial charge in [0.25, 0.3) is 0 Å². The van der Waals surface area contributed by atoms with Crippen LogP contribution in [0.4, 0.5) is 0 Å². The fourth-order valence-corrected chi connectivity index (χ4v) is 0.731. The van der Waals surface area contributed by atoms with Crippen molar-refractivity contribution in [3.63, 3.8) is 0 Å². The maximum absolute atomic E-state index is 9.10. The molecule has 0 spiro atoms. The highest BCUT2D eigenvalue weighted by Gasteiger charge is 2.00. The first kappa shape index (κ1) is 7.09. The van der Waals surface area contributed by atoms with Gasteiger partial charge in [-0.2, -0.15) is 0 Å². The van der Waals surface area contributed by atoms with Gasteiger partial charge in [-0.25, -0.2) is 0 Å². The molecule has 1 aliphatic rings. The lowest BCUT2D eigenvalue weighted by Gasteiger charge is -2.07. The van der Waals surface area contributed by atoms with Crippen molar-refractivity contribution in [2.75, 3.05) is 0 Å². The van der Waals surface area contributed by atoms with Gasteiger partial charge < -0.3 is 10.4 Å². The van der Waals surface area contributed by atoms with Crippen molar-refractivity contribution >= 4 is 0 Å². The van der Waals surface area contributed by atoms with Crippen LogP contribution in [0.2, 0.25) is 0 Å². The van der Waals surface area contributed by atoms with Crippen LogP contribution in [0.3, 0.4) is 0 Å². The summed E-state index contributed by atoms with van der Waals surface area (Å²) in [5.74, 6) is 0. The van der Waals surface area contributed by atoms with Gasteiger partial charge in [0.05, 0.1) is 6.10 Å². The predicted octanol–water partition coefficient (Wildman–Crippen LogP) is 0.924. The molecule has 0 saturated heterocycles. The van der Waals surface area contributed by atoms with Gasteiger partial charge in [-0.05, 0) is 19.1 Å². The van der Waals surface area contributed by atoms with Crippen LogP contribution in [0, 0.1) is 0 Å². The van der Waals surface area contributed by atoms with Gasteiger partial charge in [0.15, 0.2) is 0 Å². The van der Waals surface area contributed by atoms with Crippen molar-refractivity contribution in [2.24, 2.45) is 0 Å². The first-order valence-corrected chi connectivity index (χ1v) is 3.28. The summed E-state index contributed by atoms with van der Waals surface area (Å²) in [5, 5.41) is 12.1. The molecule has 0 aromatic rings. The third-order valence-electron chi connectivity index (χ3n) is 1.29. The van der Waals surface area contributed by atoms with Gasteiger partial charge >= 0.3 is 0 Å². The number of hydrogen-bond donors (Lipinski definition) is 2. The van der Waals surface area contributed by atoms with Crippen molar-refractivity contribution in [2.45, 2.75) is 13.0 Å².